The minimum atomic E-state index is -3.72. The number of anilines is 1. The number of benzene rings is 1. The van der Waals surface area contributed by atoms with Crippen LogP contribution in [-0.4, -0.2) is 14.3 Å². The fourth-order valence-electron chi connectivity index (χ4n) is 1.91. The van der Waals surface area contributed by atoms with Gasteiger partial charge in [-0.05, 0) is 34.0 Å². The van der Waals surface area contributed by atoms with Crippen LogP contribution >= 0.6 is 11.3 Å². The monoisotopic (exact) mass is 279 g/mol. The highest BCUT2D eigenvalue weighted by Gasteiger charge is 2.23. The molecule has 3 rings (SSSR count). The van der Waals surface area contributed by atoms with Crippen LogP contribution in [0.4, 0.5) is 5.69 Å². The smallest absolute Gasteiger partial charge is 0.344 e. The molecule has 2 heterocycles. The van der Waals surface area contributed by atoms with Crippen LogP contribution in [0.1, 0.15) is 5.56 Å². The molecule has 7 heteroatoms. The van der Waals surface area contributed by atoms with E-state index in [-0.39, 0.29) is 5.84 Å². The summed E-state index contributed by atoms with van der Waals surface area (Å²) in [6.07, 6.45) is 0. The van der Waals surface area contributed by atoms with Gasteiger partial charge in [-0.25, -0.2) is 0 Å². The van der Waals surface area contributed by atoms with Gasteiger partial charge in [-0.3, -0.25) is 4.72 Å². The largest absolute Gasteiger partial charge is 0.382 e. The van der Waals surface area contributed by atoms with Gasteiger partial charge in [-0.15, -0.1) is 4.40 Å². The van der Waals surface area contributed by atoms with E-state index in [1.54, 1.807) is 23.5 Å². The van der Waals surface area contributed by atoms with Crippen molar-refractivity contribution >= 4 is 33.1 Å². The van der Waals surface area contributed by atoms with Gasteiger partial charge < -0.3 is 5.73 Å². The molecule has 0 spiro atoms. The third-order valence-electron chi connectivity index (χ3n) is 2.61. The summed E-state index contributed by atoms with van der Waals surface area (Å²) < 4.78 is 28.8. The van der Waals surface area contributed by atoms with Crippen molar-refractivity contribution in [2.75, 3.05) is 4.72 Å². The second-order valence-corrected chi connectivity index (χ2v) is 5.91. The van der Waals surface area contributed by atoms with E-state index < -0.39 is 10.2 Å². The minimum Gasteiger partial charge on any atom is -0.382 e. The highest BCUT2D eigenvalue weighted by Crippen LogP contribution is 2.33. The molecule has 0 saturated carbocycles. The zero-order valence-electron chi connectivity index (χ0n) is 9.12. The molecule has 1 aromatic heterocycles. The number of rotatable bonds is 1. The fourth-order valence-corrected chi connectivity index (χ4v) is 3.41. The lowest BCUT2D eigenvalue weighted by Crippen LogP contribution is -2.26. The molecule has 0 aliphatic carbocycles. The Kier molecular flexibility index (Phi) is 2.39. The van der Waals surface area contributed by atoms with Crippen LogP contribution in [0.5, 0.6) is 0 Å². The van der Waals surface area contributed by atoms with Crippen LogP contribution in [0.2, 0.25) is 0 Å². The van der Waals surface area contributed by atoms with Crippen molar-refractivity contribution in [3.05, 3.63) is 40.6 Å². The molecule has 2 aromatic rings. The van der Waals surface area contributed by atoms with Crippen LogP contribution in [0.15, 0.2) is 39.4 Å². The summed E-state index contributed by atoms with van der Waals surface area (Å²) in [5.41, 5.74) is 8.73. The van der Waals surface area contributed by atoms with Gasteiger partial charge in [0, 0.05) is 5.56 Å². The number of thiophene rings is 1. The lowest BCUT2D eigenvalue weighted by Gasteiger charge is -2.18. The number of amidine groups is 1. The Morgan fingerprint density at radius 1 is 1.28 bits per heavy atom. The van der Waals surface area contributed by atoms with Crippen molar-refractivity contribution in [1.82, 2.24) is 0 Å². The van der Waals surface area contributed by atoms with Gasteiger partial charge in [-0.1, -0.05) is 12.1 Å². The molecule has 0 atom stereocenters. The molecule has 0 bridgehead atoms. The fraction of sp³-hybridized carbons (Fsp3) is 0. The molecule has 0 saturated heterocycles. The molecule has 18 heavy (non-hydrogen) atoms. The van der Waals surface area contributed by atoms with Gasteiger partial charge in [0.05, 0.1) is 5.69 Å². The van der Waals surface area contributed by atoms with Crippen molar-refractivity contribution in [2.45, 2.75) is 0 Å². The molecular weight excluding hydrogens is 270 g/mol. The van der Waals surface area contributed by atoms with Crippen molar-refractivity contribution in [3.63, 3.8) is 0 Å². The predicted molar refractivity (Wildman–Crippen MR) is 73.0 cm³/mol. The number of nitrogens with two attached hydrogens (primary N) is 1. The third kappa shape index (κ3) is 1.77. The Morgan fingerprint density at radius 3 is 2.83 bits per heavy atom. The minimum absolute atomic E-state index is 0.0190. The average Bonchev–Trinajstić information content (AvgIpc) is 2.79. The van der Waals surface area contributed by atoms with E-state index in [2.05, 4.69) is 9.12 Å². The summed E-state index contributed by atoms with van der Waals surface area (Å²) in [6, 6.07) is 7.30. The second-order valence-electron chi connectivity index (χ2n) is 3.79. The van der Waals surface area contributed by atoms with E-state index in [4.69, 9.17) is 5.73 Å². The van der Waals surface area contributed by atoms with Crippen LogP contribution in [0, 0.1) is 0 Å². The number of nitrogens with one attached hydrogen (secondary N) is 1. The van der Waals surface area contributed by atoms with E-state index in [0.717, 1.165) is 11.1 Å². The molecule has 92 valence electrons. The standard InChI is InChI=1S/C11H9N3O2S2/c12-11-10-8(7-4-5-17-6-7)2-1-3-9(10)13-18(15,16)14-11/h1-6,13H,(H2,12,14). The van der Waals surface area contributed by atoms with E-state index in [0.29, 0.717) is 11.3 Å². The highest BCUT2D eigenvalue weighted by atomic mass is 32.2. The first-order valence-electron chi connectivity index (χ1n) is 5.11. The van der Waals surface area contributed by atoms with Crippen LogP contribution < -0.4 is 10.5 Å². The van der Waals surface area contributed by atoms with Gasteiger partial charge in [-0.2, -0.15) is 19.8 Å². The number of hydrogen-bond acceptors (Lipinski definition) is 4. The van der Waals surface area contributed by atoms with E-state index >= 15 is 0 Å². The lowest BCUT2D eigenvalue weighted by molar-refractivity contribution is 0.602. The first-order chi connectivity index (χ1) is 8.57. The molecule has 0 unspecified atom stereocenters. The molecular formula is C11H9N3O2S2. The molecule has 1 aliphatic heterocycles. The van der Waals surface area contributed by atoms with Gasteiger partial charge in [0.15, 0.2) is 0 Å². The second kappa shape index (κ2) is 3.82. The highest BCUT2D eigenvalue weighted by molar-refractivity contribution is 7.91. The topological polar surface area (TPSA) is 84.5 Å². The number of nitrogens with zero attached hydrogens (tertiary/aromatic N) is 1. The van der Waals surface area contributed by atoms with Crippen LogP contribution in [0.25, 0.3) is 11.1 Å². The van der Waals surface area contributed by atoms with E-state index in [9.17, 15) is 8.42 Å². The van der Waals surface area contributed by atoms with Gasteiger partial charge >= 0.3 is 10.2 Å². The van der Waals surface area contributed by atoms with Crippen molar-refractivity contribution in [1.29, 1.82) is 0 Å². The van der Waals surface area contributed by atoms with Crippen molar-refractivity contribution in [3.8, 4) is 11.1 Å². The van der Waals surface area contributed by atoms with Crippen LogP contribution in [-0.2, 0) is 10.2 Å². The summed E-state index contributed by atoms with van der Waals surface area (Å²) in [5.74, 6) is 0.0190. The zero-order valence-corrected chi connectivity index (χ0v) is 10.8. The maximum absolute atomic E-state index is 11.4. The zero-order chi connectivity index (χ0) is 12.8. The SMILES string of the molecule is NC1=NS(=O)(=O)Nc2cccc(-c3ccsc3)c21. The first-order valence-corrected chi connectivity index (χ1v) is 7.49. The molecule has 5 nitrogen and oxygen atoms in total. The van der Waals surface area contributed by atoms with Gasteiger partial charge in [0.25, 0.3) is 0 Å². The third-order valence-corrected chi connectivity index (χ3v) is 4.21. The summed E-state index contributed by atoms with van der Waals surface area (Å²) in [7, 11) is -3.72. The number of hydrogen-bond donors (Lipinski definition) is 2. The van der Waals surface area contributed by atoms with Crippen molar-refractivity contribution < 1.29 is 8.42 Å². The molecule has 0 fully saturated rings. The Bertz CT molecular complexity index is 734. The maximum atomic E-state index is 11.4. The normalized spacial score (nSPS) is 16.6. The quantitative estimate of drug-likeness (QED) is 0.834. The molecule has 0 amide bonds. The Morgan fingerprint density at radius 2 is 2.11 bits per heavy atom. The summed E-state index contributed by atoms with van der Waals surface area (Å²) in [5, 5.41) is 3.93. The van der Waals surface area contributed by atoms with Gasteiger partial charge in [0.1, 0.15) is 5.84 Å². The summed E-state index contributed by atoms with van der Waals surface area (Å²) >= 11 is 1.57. The van der Waals surface area contributed by atoms with Crippen molar-refractivity contribution in [2.24, 2.45) is 10.1 Å². The molecule has 3 N–H and O–H groups in total. The van der Waals surface area contributed by atoms with Gasteiger partial charge in [0.2, 0.25) is 0 Å². The summed E-state index contributed by atoms with van der Waals surface area (Å²) in [4.78, 5) is 0. The molecule has 1 aliphatic rings. The maximum Gasteiger partial charge on any atom is 0.344 e. The van der Waals surface area contributed by atoms with E-state index in [1.165, 1.54) is 0 Å². The Labute approximate surface area is 108 Å². The average molecular weight is 279 g/mol. The van der Waals surface area contributed by atoms with Crippen LogP contribution in [0.3, 0.4) is 0 Å². The number of fused-ring (bicyclic) bond motifs is 1. The predicted octanol–water partition coefficient (Wildman–Crippen LogP) is 1.79. The Hall–Kier alpha value is -1.86. The summed E-state index contributed by atoms with van der Waals surface area (Å²) in [6.45, 7) is 0. The molecule has 1 aromatic carbocycles. The van der Waals surface area contributed by atoms with E-state index in [1.807, 2.05) is 22.9 Å². The lowest BCUT2D eigenvalue weighted by atomic mass is 10.00. The molecule has 0 radical (unpaired) electrons. The first kappa shape index (κ1) is 11.2. The Balaban J connectivity index is 2.28.